The van der Waals surface area contributed by atoms with Crippen LogP contribution in [0.2, 0.25) is 0 Å². The van der Waals surface area contributed by atoms with Gasteiger partial charge in [0.2, 0.25) is 35.4 Å². The number of nitrogens with one attached hydrogen (secondary N) is 5. The van der Waals surface area contributed by atoms with E-state index in [4.69, 9.17) is 18.9 Å². The third-order valence-corrected chi connectivity index (χ3v) is 13.9. The van der Waals surface area contributed by atoms with Crippen molar-refractivity contribution in [1.82, 2.24) is 36.1 Å². The van der Waals surface area contributed by atoms with Crippen molar-refractivity contribution in [2.75, 3.05) is 77.8 Å². The van der Waals surface area contributed by atoms with Crippen LogP contribution in [0.15, 0.2) is 48.0 Å². The quantitative estimate of drug-likeness (QED) is 0.0413. The van der Waals surface area contributed by atoms with Crippen molar-refractivity contribution in [3.63, 3.8) is 0 Å². The van der Waals surface area contributed by atoms with Crippen LogP contribution in [0.3, 0.4) is 0 Å². The number of β-amino-alcohol motifs (C(OH)–C–C–N with tert-alkyl or cyclic N) is 1. The van der Waals surface area contributed by atoms with Crippen LogP contribution in [0, 0.1) is 12.3 Å². The average Bonchev–Trinajstić information content (AvgIpc) is 4.07. The van der Waals surface area contributed by atoms with E-state index in [1.807, 2.05) is 57.5 Å². The number of benzene rings is 2. The summed E-state index contributed by atoms with van der Waals surface area (Å²) in [5.74, 6) is -3.86. The molecule has 3 aliphatic rings. The van der Waals surface area contributed by atoms with Gasteiger partial charge >= 0.3 is 0 Å². The second-order valence-electron chi connectivity index (χ2n) is 19.8. The van der Waals surface area contributed by atoms with Crippen molar-refractivity contribution in [3.05, 3.63) is 70.4 Å². The number of fused-ring (bicyclic) bond motifs is 1. The Morgan fingerprint density at radius 2 is 1.47 bits per heavy atom. The van der Waals surface area contributed by atoms with E-state index in [-0.39, 0.29) is 81.6 Å². The number of aliphatic hydroxyl groups excluding tert-OH is 1. The van der Waals surface area contributed by atoms with Gasteiger partial charge in [-0.1, -0.05) is 51.1 Å². The first kappa shape index (κ1) is 58.1. The number of aryl methyl sites for hydroxylation is 1. The Kier molecular flexibility index (Phi) is 22.2. The Labute approximate surface area is 441 Å². The molecule has 1 unspecified atom stereocenters. The van der Waals surface area contributed by atoms with Crippen molar-refractivity contribution in [1.29, 1.82) is 0 Å². The summed E-state index contributed by atoms with van der Waals surface area (Å²) < 4.78 is 22.5. The van der Waals surface area contributed by atoms with E-state index in [1.165, 1.54) is 11.0 Å². The topological polar surface area (TPSA) is 273 Å². The Morgan fingerprint density at radius 1 is 0.813 bits per heavy atom. The Morgan fingerprint density at radius 3 is 2.09 bits per heavy atom. The molecule has 2 aromatic carbocycles. The van der Waals surface area contributed by atoms with Gasteiger partial charge in [0, 0.05) is 71.1 Å². The molecular formula is C53H72N8O13S. The van der Waals surface area contributed by atoms with E-state index in [2.05, 4.69) is 31.6 Å². The van der Waals surface area contributed by atoms with Crippen LogP contribution in [0.1, 0.15) is 111 Å². The standard InChI is InChI=1S/C53H72N8O13S/c1-34-46(75-33-57-34)36-16-14-35(15-17-36)29-56-48(66)41-28-37(62)30-60(41)52(70)47(53(2,3)4)58-44(65)32-74-25-10-6-8-23-72-27-26-71-22-7-5-9-24-73-31-43(64)55-21-20-54-39-13-11-12-38-45(39)51(69)61(50(38)68)40-18-19-42(63)59-49(40)67/h11-17,33,37,40-41,47,54,62H,5-10,18-32H2,1-4H3,(H,55,64)(H,56,66)(H,58,65)(H,59,63,67)/t37-,40?,41+,47-/m1/s1. The minimum Gasteiger partial charge on any atom is -0.391 e. The number of carbonyl (C=O) groups excluding carboxylic acids is 8. The molecule has 6 N–H and O–H groups in total. The Bertz CT molecular complexity index is 2460. The van der Waals surface area contributed by atoms with Crippen LogP contribution in [0.4, 0.5) is 5.69 Å². The summed E-state index contributed by atoms with van der Waals surface area (Å²) in [6.07, 6.45) is 4.18. The first-order valence-corrected chi connectivity index (χ1v) is 26.6. The molecule has 22 heteroatoms. The number of piperidine rings is 1. The predicted molar refractivity (Wildman–Crippen MR) is 277 cm³/mol. The van der Waals surface area contributed by atoms with Gasteiger partial charge in [0.1, 0.15) is 31.3 Å². The largest absolute Gasteiger partial charge is 0.391 e. The molecule has 0 spiro atoms. The lowest BCUT2D eigenvalue weighted by molar-refractivity contribution is -0.144. The zero-order valence-corrected chi connectivity index (χ0v) is 44.2. The van der Waals surface area contributed by atoms with Crippen molar-refractivity contribution in [2.45, 2.75) is 116 Å². The van der Waals surface area contributed by atoms with Crippen LogP contribution in [-0.2, 0) is 54.3 Å². The summed E-state index contributed by atoms with van der Waals surface area (Å²) in [6, 6.07) is 9.76. The first-order valence-electron chi connectivity index (χ1n) is 25.7. The number of aliphatic hydroxyl groups is 1. The zero-order chi connectivity index (χ0) is 53.9. The minimum absolute atomic E-state index is 0.0130. The molecule has 3 aromatic rings. The molecule has 0 radical (unpaired) electrons. The van der Waals surface area contributed by atoms with E-state index >= 15 is 0 Å². The van der Waals surface area contributed by atoms with Crippen LogP contribution in [-0.4, -0.2) is 164 Å². The number of carbonyl (C=O) groups is 8. The molecule has 4 heterocycles. The number of anilines is 1. The number of thiazole rings is 1. The van der Waals surface area contributed by atoms with E-state index in [9.17, 15) is 43.5 Å². The molecule has 0 bridgehead atoms. The lowest BCUT2D eigenvalue weighted by Crippen LogP contribution is -2.58. The van der Waals surface area contributed by atoms with Gasteiger partial charge in [-0.2, -0.15) is 0 Å². The van der Waals surface area contributed by atoms with E-state index in [1.54, 1.807) is 23.5 Å². The number of likely N-dealkylation sites (tertiary alicyclic amines) is 1. The number of nitrogens with zero attached hydrogens (tertiary/aromatic N) is 3. The summed E-state index contributed by atoms with van der Waals surface area (Å²) >= 11 is 1.57. The fourth-order valence-electron chi connectivity index (χ4n) is 8.92. The van der Waals surface area contributed by atoms with Gasteiger partial charge in [0.05, 0.1) is 46.5 Å². The smallest absolute Gasteiger partial charge is 0.264 e. The number of hydrogen-bond donors (Lipinski definition) is 6. The van der Waals surface area contributed by atoms with Crippen molar-refractivity contribution < 1.29 is 62.4 Å². The number of rotatable bonds is 30. The number of aromatic nitrogens is 1. The fraction of sp³-hybridized carbons (Fsp3) is 0.566. The highest BCUT2D eigenvalue weighted by Gasteiger charge is 2.46. The highest BCUT2D eigenvalue weighted by atomic mass is 32.1. The molecule has 6 rings (SSSR count). The summed E-state index contributed by atoms with van der Waals surface area (Å²) in [5.41, 5.74) is 4.74. The van der Waals surface area contributed by atoms with Gasteiger partial charge in [-0.3, -0.25) is 48.6 Å². The summed E-state index contributed by atoms with van der Waals surface area (Å²) in [7, 11) is 0. The molecule has 75 heavy (non-hydrogen) atoms. The maximum atomic E-state index is 13.9. The summed E-state index contributed by atoms with van der Waals surface area (Å²) in [4.78, 5) is 110. The number of unbranched alkanes of at least 4 members (excludes halogenated alkanes) is 4. The number of hydrogen-bond acceptors (Lipinski definition) is 16. The molecule has 3 aliphatic heterocycles. The summed E-state index contributed by atoms with van der Waals surface area (Å²) in [5, 5.41) is 24.3. The highest BCUT2D eigenvalue weighted by molar-refractivity contribution is 7.13. The second kappa shape index (κ2) is 28.7. The molecule has 0 saturated carbocycles. The van der Waals surface area contributed by atoms with E-state index < -0.39 is 65.1 Å². The minimum atomic E-state index is -1.05. The predicted octanol–water partition coefficient (Wildman–Crippen LogP) is 3.26. The van der Waals surface area contributed by atoms with Crippen LogP contribution >= 0.6 is 11.3 Å². The number of ether oxygens (including phenoxy) is 4. The normalized spacial score (nSPS) is 18.0. The molecule has 21 nitrogen and oxygen atoms in total. The molecule has 4 atom stereocenters. The van der Waals surface area contributed by atoms with Crippen molar-refractivity contribution in [2.24, 2.45) is 5.41 Å². The lowest BCUT2D eigenvalue weighted by Gasteiger charge is -2.35. The molecule has 408 valence electrons. The van der Waals surface area contributed by atoms with Gasteiger partial charge in [0.15, 0.2) is 0 Å². The van der Waals surface area contributed by atoms with Gasteiger partial charge in [-0.25, -0.2) is 4.98 Å². The highest BCUT2D eigenvalue weighted by Crippen LogP contribution is 2.33. The third-order valence-electron chi connectivity index (χ3n) is 12.9. The number of imide groups is 2. The van der Waals surface area contributed by atoms with Crippen molar-refractivity contribution >= 4 is 64.3 Å². The fourth-order valence-corrected chi connectivity index (χ4v) is 9.73. The third kappa shape index (κ3) is 16.9. The molecule has 8 amide bonds. The second-order valence-corrected chi connectivity index (χ2v) is 20.7. The molecular weight excluding hydrogens is 989 g/mol. The first-order chi connectivity index (χ1) is 36.0. The van der Waals surface area contributed by atoms with Crippen LogP contribution < -0.4 is 26.6 Å². The Hall–Kier alpha value is -6.17. The van der Waals surface area contributed by atoms with Crippen LogP contribution in [0.25, 0.3) is 10.4 Å². The molecule has 0 aliphatic carbocycles. The number of amides is 8. The maximum absolute atomic E-state index is 13.9. The maximum Gasteiger partial charge on any atom is 0.264 e. The van der Waals surface area contributed by atoms with Gasteiger partial charge in [0.25, 0.3) is 11.8 Å². The van der Waals surface area contributed by atoms with E-state index in [0.717, 1.165) is 65.1 Å². The SMILES string of the molecule is Cc1ncsc1-c1ccc(CNC(=O)[C@@H]2C[C@@H](O)CN2C(=O)[C@@H](NC(=O)COCCCCCOCCOCCCCCOCC(=O)NCCNc2cccc3c2C(=O)N(C2CCC(=O)NC2=O)C3=O)C(C)(C)C)cc1. The van der Waals surface area contributed by atoms with Crippen molar-refractivity contribution in [3.8, 4) is 10.4 Å². The van der Waals surface area contributed by atoms with Crippen LogP contribution in [0.5, 0.6) is 0 Å². The zero-order valence-electron chi connectivity index (χ0n) is 43.4. The molecule has 2 fully saturated rings. The molecule has 2 saturated heterocycles. The lowest BCUT2D eigenvalue weighted by atomic mass is 9.85. The van der Waals surface area contributed by atoms with Gasteiger partial charge in [-0.05, 0) is 80.5 Å². The Balaban J connectivity index is 0.731. The average molecular weight is 1060 g/mol. The van der Waals surface area contributed by atoms with Gasteiger partial charge < -0.3 is 50.2 Å². The summed E-state index contributed by atoms with van der Waals surface area (Å²) in [6.45, 7) is 10.8. The van der Waals surface area contributed by atoms with Gasteiger partial charge in [-0.15, -0.1) is 11.3 Å². The van der Waals surface area contributed by atoms with E-state index in [0.29, 0.717) is 45.3 Å². The monoisotopic (exact) mass is 1060 g/mol. The molecule has 1 aromatic heterocycles.